The molecule has 110 valence electrons. The highest BCUT2D eigenvalue weighted by Crippen LogP contribution is 2.40. The van der Waals surface area contributed by atoms with Gasteiger partial charge in [-0.15, -0.1) is 0 Å². The Labute approximate surface area is 130 Å². The quantitative estimate of drug-likeness (QED) is 0.649. The van der Waals surface area contributed by atoms with Crippen LogP contribution in [-0.2, 0) is 11.8 Å². The topological polar surface area (TPSA) is 48.3 Å². The number of esters is 1. The zero-order valence-electron chi connectivity index (χ0n) is 11.9. The maximum Gasteiger partial charge on any atom is 0.312 e. The number of hydrogen-bond acceptors (Lipinski definition) is 4. The smallest absolute Gasteiger partial charge is 0.312 e. The number of pyridine rings is 1. The van der Waals surface area contributed by atoms with Crippen molar-refractivity contribution in [2.75, 3.05) is 0 Å². The van der Waals surface area contributed by atoms with Gasteiger partial charge in [0, 0.05) is 18.4 Å². The van der Waals surface area contributed by atoms with Gasteiger partial charge in [-0.25, -0.2) is 0 Å². The van der Waals surface area contributed by atoms with E-state index in [0.29, 0.717) is 11.3 Å². The van der Waals surface area contributed by atoms with Crippen LogP contribution >= 0.6 is 11.3 Å². The highest BCUT2D eigenvalue weighted by molar-refractivity contribution is 7.08. The van der Waals surface area contributed by atoms with Gasteiger partial charge >= 0.3 is 5.97 Å². The van der Waals surface area contributed by atoms with E-state index in [4.69, 9.17) is 4.74 Å². The van der Waals surface area contributed by atoms with E-state index in [2.05, 4.69) is 0 Å². The van der Waals surface area contributed by atoms with E-state index < -0.39 is 0 Å². The van der Waals surface area contributed by atoms with Gasteiger partial charge < -0.3 is 9.30 Å². The Morgan fingerprint density at radius 1 is 1.23 bits per heavy atom. The summed E-state index contributed by atoms with van der Waals surface area (Å²) >= 11 is 1.56. The number of rotatable bonds is 1. The fraction of sp³-hybridized carbons (Fsp3) is 0.176. The van der Waals surface area contributed by atoms with Crippen molar-refractivity contribution in [2.24, 2.45) is 7.05 Å². The molecule has 0 fully saturated rings. The molecule has 0 saturated heterocycles. The van der Waals surface area contributed by atoms with Crippen molar-refractivity contribution in [1.29, 1.82) is 0 Å². The monoisotopic (exact) mass is 311 g/mol. The maximum absolute atomic E-state index is 12.8. The molecule has 0 radical (unpaired) electrons. The number of carbonyl (C=O) groups is 1. The fourth-order valence-corrected chi connectivity index (χ4v) is 3.80. The lowest BCUT2D eigenvalue weighted by molar-refractivity contribution is -0.135. The van der Waals surface area contributed by atoms with Gasteiger partial charge in [-0.3, -0.25) is 9.59 Å². The molecule has 0 spiro atoms. The number of nitrogens with zero attached hydrogens (tertiary/aromatic N) is 1. The van der Waals surface area contributed by atoms with Gasteiger partial charge in [0.1, 0.15) is 5.75 Å². The molecule has 0 N–H and O–H groups in total. The number of aromatic nitrogens is 1. The normalized spacial score (nSPS) is 17.3. The van der Waals surface area contributed by atoms with Crippen molar-refractivity contribution >= 4 is 28.2 Å². The molecular weight excluding hydrogens is 298 g/mol. The minimum atomic E-state index is -0.290. The summed E-state index contributed by atoms with van der Waals surface area (Å²) in [7, 11) is 1.76. The Balaban J connectivity index is 2.11. The second-order valence-corrected chi connectivity index (χ2v) is 6.19. The minimum Gasteiger partial charge on any atom is -0.425 e. The third-order valence-corrected chi connectivity index (χ3v) is 4.87. The van der Waals surface area contributed by atoms with Crippen LogP contribution in [0.4, 0.5) is 0 Å². The second kappa shape index (κ2) is 4.81. The summed E-state index contributed by atoms with van der Waals surface area (Å²) in [6, 6.07) is 9.46. The first-order valence-corrected chi connectivity index (χ1v) is 7.95. The van der Waals surface area contributed by atoms with Gasteiger partial charge in [0.15, 0.2) is 0 Å². The summed E-state index contributed by atoms with van der Waals surface area (Å²) in [5.41, 5.74) is 2.25. The molecule has 3 aromatic rings. The van der Waals surface area contributed by atoms with E-state index in [1.807, 2.05) is 41.1 Å². The van der Waals surface area contributed by atoms with Crippen LogP contribution in [0.1, 0.15) is 23.5 Å². The molecule has 3 heterocycles. The predicted octanol–water partition coefficient (Wildman–Crippen LogP) is 3.04. The Morgan fingerprint density at radius 3 is 2.82 bits per heavy atom. The molecular formula is C17H13NO3S. The number of thiophene rings is 1. The van der Waals surface area contributed by atoms with Crippen molar-refractivity contribution in [3.8, 4) is 5.75 Å². The molecule has 2 aromatic heterocycles. The molecule has 0 amide bonds. The molecule has 4 rings (SSSR count). The number of ether oxygens (including phenoxy) is 1. The summed E-state index contributed by atoms with van der Waals surface area (Å²) < 4.78 is 7.09. The first-order valence-electron chi connectivity index (χ1n) is 7.01. The molecule has 1 aromatic carbocycles. The first-order chi connectivity index (χ1) is 10.7. The number of aryl methyl sites for hydroxylation is 1. The van der Waals surface area contributed by atoms with Crippen LogP contribution in [-0.4, -0.2) is 10.5 Å². The van der Waals surface area contributed by atoms with E-state index in [1.165, 1.54) is 0 Å². The van der Waals surface area contributed by atoms with Crippen molar-refractivity contribution in [1.82, 2.24) is 4.57 Å². The van der Waals surface area contributed by atoms with Crippen LogP contribution in [0.3, 0.4) is 0 Å². The molecule has 1 aliphatic heterocycles. The standard InChI is InChI=1S/C17H13NO3S/c1-18-13-5-3-2-4-11(13)16-15(17(18)20)12(8-14(19)21-16)10-6-7-22-9-10/h2-7,9,12H,8H2,1H3. The van der Waals surface area contributed by atoms with Crippen LogP contribution in [0.25, 0.3) is 10.9 Å². The van der Waals surface area contributed by atoms with E-state index in [-0.39, 0.29) is 23.9 Å². The highest BCUT2D eigenvalue weighted by atomic mass is 32.1. The lowest BCUT2D eigenvalue weighted by atomic mass is 9.87. The molecule has 0 saturated carbocycles. The molecule has 1 atom stereocenters. The Morgan fingerprint density at radius 2 is 2.05 bits per heavy atom. The molecule has 1 unspecified atom stereocenters. The molecule has 22 heavy (non-hydrogen) atoms. The Hall–Kier alpha value is -2.40. The van der Waals surface area contributed by atoms with E-state index >= 15 is 0 Å². The van der Waals surface area contributed by atoms with Gasteiger partial charge in [0.2, 0.25) is 0 Å². The summed E-state index contributed by atoms with van der Waals surface area (Å²) in [5, 5.41) is 4.75. The average molecular weight is 311 g/mol. The SMILES string of the molecule is Cn1c(=O)c2c(c3ccccc31)OC(=O)CC2c1ccsc1. The fourth-order valence-electron chi connectivity index (χ4n) is 3.09. The van der Waals surface area contributed by atoms with Crippen molar-refractivity contribution in [3.63, 3.8) is 0 Å². The van der Waals surface area contributed by atoms with Crippen molar-refractivity contribution in [2.45, 2.75) is 12.3 Å². The molecule has 0 bridgehead atoms. The summed E-state index contributed by atoms with van der Waals surface area (Å²) in [6.07, 6.45) is 0.206. The van der Waals surface area contributed by atoms with Gasteiger partial charge in [0.05, 0.1) is 17.5 Å². The van der Waals surface area contributed by atoms with Gasteiger partial charge in [-0.1, -0.05) is 12.1 Å². The number of benzene rings is 1. The molecule has 1 aliphatic rings. The van der Waals surface area contributed by atoms with Gasteiger partial charge in [-0.05, 0) is 34.5 Å². The van der Waals surface area contributed by atoms with Gasteiger partial charge in [0.25, 0.3) is 5.56 Å². The third-order valence-electron chi connectivity index (χ3n) is 4.17. The zero-order chi connectivity index (χ0) is 15.3. The number of para-hydroxylation sites is 1. The van der Waals surface area contributed by atoms with Gasteiger partial charge in [-0.2, -0.15) is 11.3 Å². The molecule has 5 heteroatoms. The number of carbonyl (C=O) groups excluding carboxylic acids is 1. The van der Waals surface area contributed by atoms with Crippen LogP contribution in [0.5, 0.6) is 5.75 Å². The third kappa shape index (κ3) is 1.82. The number of fused-ring (bicyclic) bond motifs is 3. The maximum atomic E-state index is 12.8. The first kappa shape index (κ1) is 13.3. The lowest BCUT2D eigenvalue weighted by Crippen LogP contribution is -2.31. The van der Waals surface area contributed by atoms with E-state index in [1.54, 1.807) is 23.0 Å². The van der Waals surface area contributed by atoms with Crippen LogP contribution < -0.4 is 10.3 Å². The van der Waals surface area contributed by atoms with Crippen LogP contribution in [0, 0.1) is 0 Å². The Kier molecular flexibility index (Phi) is 2.90. The Bertz CT molecular complexity index is 940. The molecule has 4 nitrogen and oxygen atoms in total. The van der Waals surface area contributed by atoms with Crippen molar-refractivity contribution in [3.05, 3.63) is 62.6 Å². The minimum absolute atomic E-state index is 0.0996. The zero-order valence-corrected chi connectivity index (χ0v) is 12.7. The average Bonchev–Trinajstić information content (AvgIpc) is 3.06. The second-order valence-electron chi connectivity index (χ2n) is 5.41. The molecule has 0 aliphatic carbocycles. The van der Waals surface area contributed by atoms with Crippen LogP contribution in [0.2, 0.25) is 0 Å². The van der Waals surface area contributed by atoms with E-state index in [0.717, 1.165) is 16.5 Å². The van der Waals surface area contributed by atoms with Crippen LogP contribution in [0.15, 0.2) is 45.9 Å². The largest absolute Gasteiger partial charge is 0.425 e. The summed E-state index contributed by atoms with van der Waals surface area (Å²) in [6.45, 7) is 0. The summed E-state index contributed by atoms with van der Waals surface area (Å²) in [4.78, 5) is 24.9. The van der Waals surface area contributed by atoms with E-state index in [9.17, 15) is 9.59 Å². The predicted molar refractivity (Wildman–Crippen MR) is 85.6 cm³/mol. The summed E-state index contributed by atoms with van der Waals surface area (Å²) in [5.74, 6) is -0.0981. The lowest BCUT2D eigenvalue weighted by Gasteiger charge is -2.25. The van der Waals surface area contributed by atoms with Crippen molar-refractivity contribution < 1.29 is 9.53 Å². The number of hydrogen-bond donors (Lipinski definition) is 0. The highest BCUT2D eigenvalue weighted by Gasteiger charge is 2.33.